The van der Waals surface area contributed by atoms with Crippen LogP contribution in [0.5, 0.6) is 0 Å². The molecule has 1 aliphatic carbocycles. The molecule has 0 bridgehead atoms. The quantitative estimate of drug-likeness (QED) is 0.825. The van der Waals surface area contributed by atoms with Crippen molar-refractivity contribution in [3.8, 4) is 0 Å². The van der Waals surface area contributed by atoms with Crippen molar-refractivity contribution in [3.63, 3.8) is 0 Å². The third kappa shape index (κ3) is 3.22. The van der Waals surface area contributed by atoms with Crippen molar-refractivity contribution in [2.24, 2.45) is 5.41 Å². The van der Waals surface area contributed by atoms with Gasteiger partial charge in [0.1, 0.15) is 0 Å². The monoisotopic (exact) mass is 306 g/mol. The van der Waals surface area contributed by atoms with Gasteiger partial charge in [0, 0.05) is 41.9 Å². The lowest BCUT2D eigenvalue weighted by atomic mass is 9.82. The molecule has 2 nitrogen and oxygen atoms in total. The molecule has 1 aliphatic heterocycles. The Bertz CT molecular complexity index is 492. The van der Waals surface area contributed by atoms with Crippen LogP contribution in [-0.4, -0.2) is 19.1 Å². The van der Waals surface area contributed by atoms with Crippen molar-refractivity contribution in [1.82, 2.24) is 5.32 Å². The molecular formula is C18H27ClN2. The fraction of sp³-hybridized carbons (Fsp3) is 0.667. The average molecular weight is 307 g/mol. The zero-order valence-corrected chi connectivity index (χ0v) is 14.0. The Hall–Kier alpha value is -0.730. The van der Waals surface area contributed by atoms with Gasteiger partial charge in [0.05, 0.1) is 0 Å². The van der Waals surface area contributed by atoms with E-state index < -0.39 is 0 Å². The number of rotatable bonds is 6. The molecule has 0 atom stereocenters. The Labute approximate surface area is 133 Å². The molecule has 1 saturated heterocycles. The van der Waals surface area contributed by atoms with E-state index in [0.717, 1.165) is 17.6 Å². The second-order valence-electron chi connectivity index (χ2n) is 6.77. The van der Waals surface area contributed by atoms with Crippen molar-refractivity contribution in [2.75, 3.05) is 18.0 Å². The molecule has 3 rings (SSSR count). The third-order valence-electron chi connectivity index (χ3n) is 5.52. The van der Waals surface area contributed by atoms with Gasteiger partial charge in [-0.2, -0.15) is 0 Å². The van der Waals surface area contributed by atoms with Gasteiger partial charge in [-0.05, 0) is 49.7 Å². The Morgan fingerprint density at radius 1 is 1.29 bits per heavy atom. The molecule has 0 unspecified atom stereocenters. The molecule has 0 spiro atoms. The minimum absolute atomic E-state index is 0.503. The van der Waals surface area contributed by atoms with Crippen LogP contribution >= 0.6 is 11.6 Å². The fourth-order valence-electron chi connectivity index (χ4n) is 3.52. The predicted molar refractivity (Wildman–Crippen MR) is 91.2 cm³/mol. The minimum Gasteiger partial charge on any atom is -0.371 e. The van der Waals surface area contributed by atoms with E-state index in [1.165, 1.54) is 56.4 Å². The van der Waals surface area contributed by atoms with Crippen molar-refractivity contribution >= 4 is 17.3 Å². The Kier molecular flexibility index (Phi) is 4.46. The molecule has 0 radical (unpaired) electrons. The van der Waals surface area contributed by atoms with Crippen molar-refractivity contribution in [2.45, 2.75) is 58.5 Å². The van der Waals surface area contributed by atoms with Gasteiger partial charge in [-0.25, -0.2) is 0 Å². The number of anilines is 1. The molecule has 1 saturated carbocycles. The van der Waals surface area contributed by atoms with Crippen molar-refractivity contribution in [3.05, 3.63) is 28.8 Å². The molecule has 21 heavy (non-hydrogen) atoms. The SMILES string of the molecule is CCC1(CC)CCN(c2cccc(Cl)c2CNC2CC2)C1. The number of hydrogen-bond donors (Lipinski definition) is 1. The third-order valence-corrected chi connectivity index (χ3v) is 5.87. The van der Waals surface area contributed by atoms with E-state index in [2.05, 4.69) is 36.2 Å². The second-order valence-corrected chi connectivity index (χ2v) is 7.18. The zero-order chi connectivity index (χ0) is 14.9. The normalized spacial score (nSPS) is 21.0. The van der Waals surface area contributed by atoms with Gasteiger partial charge in [-0.1, -0.05) is 31.5 Å². The van der Waals surface area contributed by atoms with Crippen LogP contribution in [-0.2, 0) is 6.54 Å². The van der Waals surface area contributed by atoms with E-state index in [9.17, 15) is 0 Å². The van der Waals surface area contributed by atoms with Crippen LogP contribution < -0.4 is 10.2 Å². The molecule has 3 heteroatoms. The summed E-state index contributed by atoms with van der Waals surface area (Å²) in [5.41, 5.74) is 3.14. The Morgan fingerprint density at radius 3 is 2.67 bits per heavy atom. The molecule has 1 aromatic carbocycles. The van der Waals surface area contributed by atoms with E-state index in [1.54, 1.807) is 0 Å². The van der Waals surface area contributed by atoms with E-state index in [-0.39, 0.29) is 0 Å². The van der Waals surface area contributed by atoms with Crippen LogP contribution in [0.4, 0.5) is 5.69 Å². The molecule has 1 heterocycles. The molecular weight excluding hydrogens is 280 g/mol. The molecule has 1 N–H and O–H groups in total. The standard InChI is InChI=1S/C18H27ClN2/c1-3-18(4-2)10-11-21(13-18)17-7-5-6-16(19)15(17)12-20-14-8-9-14/h5-7,14,20H,3-4,8-13H2,1-2H3. The van der Waals surface area contributed by atoms with Gasteiger partial charge >= 0.3 is 0 Å². The summed E-state index contributed by atoms with van der Waals surface area (Å²) >= 11 is 6.48. The molecule has 0 aromatic heterocycles. The molecule has 0 amide bonds. The lowest BCUT2D eigenvalue weighted by Crippen LogP contribution is -2.27. The van der Waals surface area contributed by atoms with Crippen LogP contribution in [0.25, 0.3) is 0 Å². The highest BCUT2D eigenvalue weighted by Crippen LogP contribution is 2.41. The summed E-state index contributed by atoms with van der Waals surface area (Å²) in [6.45, 7) is 7.91. The van der Waals surface area contributed by atoms with Gasteiger partial charge in [0.25, 0.3) is 0 Å². The summed E-state index contributed by atoms with van der Waals surface area (Å²) in [4.78, 5) is 2.56. The first-order chi connectivity index (χ1) is 10.2. The summed E-state index contributed by atoms with van der Waals surface area (Å²) in [6.07, 6.45) is 6.49. The highest BCUT2D eigenvalue weighted by atomic mass is 35.5. The summed E-state index contributed by atoms with van der Waals surface area (Å²) in [5.74, 6) is 0. The zero-order valence-electron chi connectivity index (χ0n) is 13.3. The second kappa shape index (κ2) is 6.18. The highest BCUT2D eigenvalue weighted by molar-refractivity contribution is 6.31. The van der Waals surface area contributed by atoms with E-state index >= 15 is 0 Å². The molecule has 2 fully saturated rings. The minimum atomic E-state index is 0.503. The first-order valence-corrected chi connectivity index (χ1v) is 8.81. The summed E-state index contributed by atoms with van der Waals surface area (Å²) < 4.78 is 0. The summed E-state index contributed by atoms with van der Waals surface area (Å²) in [6, 6.07) is 7.09. The molecule has 2 aliphatic rings. The Balaban J connectivity index is 1.79. The molecule has 116 valence electrons. The van der Waals surface area contributed by atoms with Crippen LogP contribution in [0.2, 0.25) is 5.02 Å². The maximum absolute atomic E-state index is 6.48. The van der Waals surface area contributed by atoms with E-state index in [4.69, 9.17) is 11.6 Å². The number of hydrogen-bond acceptors (Lipinski definition) is 2. The highest BCUT2D eigenvalue weighted by Gasteiger charge is 2.35. The van der Waals surface area contributed by atoms with Crippen LogP contribution in [0.3, 0.4) is 0 Å². The number of benzene rings is 1. The lowest BCUT2D eigenvalue weighted by molar-refractivity contribution is 0.301. The number of halogens is 1. The van der Waals surface area contributed by atoms with E-state index in [1.807, 2.05) is 6.07 Å². The maximum atomic E-state index is 6.48. The van der Waals surface area contributed by atoms with Crippen molar-refractivity contribution in [1.29, 1.82) is 0 Å². The van der Waals surface area contributed by atoms with Gasteiger partial charge in [-0.3, -0.25) is 0 Å². The number of nitrogens with zero attached hydrogens (tertiary/aromatic N) is 1. The van der Waals surface area contributed by atoms with Gasteiger partial charge in [-0.15, -0.1) is 0 Å². The van der Waals surface area contributed by atoms with Crippen LogP contribution in [0.1, 0.15) is 51.5 Å². The lowest BCUT2D eigenvalue weighted by Gasteiger charge is -2.28. The van der Waals surface area contributed by atoms with Gasteiger partial charge in [0.15, 0.2) is 0 Å². The largest absolute Gasteiger partial charge is 0.371 e. The smallest absolute Gasteiger partial charge is 0.0471 e. The summed E-state index contributed by atoms with van der Waals surface area (Å²) in [7, 11) is 0. The van der Waals surface area contributed by atoms with Crippen molar-refractivity contribution < 1.29 is 0 Å². The Morgan fingerprint density at radius 2 is 2.05 bits per heavy atom. The maximum Gasteiger partial charge on any atom is 0.0471 e. The summed E-state index contributed by atoms with van der Waals surface area (Å²) in [5, 5.41) is 4.52. The van der Waals surface area contributed by atoms with Gasteiger partial charge < -0.3 is 10.2 Å². The van der Waals surface area contributed by atoms with E-state index in [0.29, 0.717) is 5.41 Å². The first-order valence-electron chi connectivity index (χ1n) is 8.43. The van der Waals surface area contributed by atoms with Gasteiger partial charge in [0.2, 0.25) is 0 Å². The molecule has 1 aromatic rings. The predicted octanol–water partition coefficient (Wildman–Crippen LogP) is 4.61. The number of nitrogens with one attached hydrogen (secondary N) is 1. The van der Waals surface area contributed by atoms with Crippen LogP contribution in [0, 0.1) is 5.41 Å². The topological polar surface area (TPSA) is 15.3 Å². The first kappa shape index (κ1) is 15.2. The fourth-order valence-corrected chi connectivity index (χ4v) is 3.76. The average Bonchev–Trinajstić information content (AvgIpc) is 3.23. The van der Waals surface area contributed by atoms with Crippen LogP contribution in [0.15, 0.2) is 18.2 Å².